The molecule has 2 nitrogen and oxygen atoms in total. The van der Waals surface area contributed by atoms with Crippen LogP contribution in [0.3, 0.4) is 0 Å². The number of nitrogens with two attached hydrogens (primary N) is 1. The summed E-state index contributed by atoms with van der Waals surface area (Å²) >= 11 is 0. The first-order valence-corrected chi connectivity index (χ1v) is 4.82. The fourth-order valence-corrected chi connectivity index (χ4v) is 1.80. The van der Waals surface area contributed by atoms with Crippen LogP contribution in [0.15, 0.2) is 24.3 Å². The molecule has 0 heterocycles. The minimum Gasteiger partial charge on any atom is -0.508 e. The van der Waals surface area contributed by atoms with Crippen molar-refractivity contribution in [2.45, 2.75) is 25.3 Å². The lowest BCUT2D eigenvalue weighted by atomic mass is 9.77. The van der Waals surface area contributed by atoms with Crippen LogP contribution in [0.4, 0.5) is 0 Å². The normalized spacial score (nSPS) is 19.5. The standard InChI is InChI=1S/C11H15NO/c12-11(8-3-1-4-8)9-5-2-6-10(13)7-9/h2,5-8,11,13H,1,3-4,12H2/t11-/m0/s1. The van der Waals surface area contributed by atoms with Gasteiger partial charge in [0.2, 0.25) is 0 Å². The van der Waals surface area contributed by atoms with Crippen LogP contribution in [-0.2, 0) is 0 Å². The molecule has 1 aromatic carbocycles. The zero-order valence-electron chi connectivity index (χ0n) is 7.61. The molecule has 1 aromatic rings. The van der Waals surface area contributed by atoms with E-state index in [1.165, 1.54) is 19.3 Å². The van der Waals surface area contributed by atoms with Gasteiger partial charge in [0.15, 0.2) is 0 Å². The molecule has 0 radical (unpaired) electrons. The van der Waals surface area contributed by atoms with Crippen molar-refractivity contribution in [3.8, 4) is 5.75 Å². The van der Waals surface area contributed by atoms with Crippen molar-refractivity contribution >= 4 is 0 Å². The number of phenolic OH excluding ortho intramolecular Hbond substituents is 1. The predicted molar refractivity (Wildman–Crippen MR) is 52.4 cm³/mol. The van der Waals surface area contributed by atoms with Crippen molar-refractivity contribution in [1.82, 2.24) is 0 Å². The summed E-state index contributed by atoms with van der Waals surface area (Å²) in [6, 6.07) is 7.40. The number of rotatable bonds is 2. The summed E-state index contributed by atoms with van der Waals surface area (Å²) in [6.45, 7) is 0. The van der Waals surface area contributed by atoms with Crippen LogP contribution in [-0.4, -0.2) is 5.11 Å². The van der Waals surface area contributed by atoms with Crippen molar-refractivity contribution in [2.75, 3.05) is 0 Å². The zero-order valence-corrected chi connectivity index (χ0v) is 7.61. The Hall–Kier alpha value is -1.02. The molecule has 1 aliphatic rings. The maximum Gasteiger partial charge on any atom is 0.115 e. The summed E-state index contributed by atoms with van der Waals surface area (Å²) in [6.07, 6.45) is 3.77. The molecule has 0 bridgehead atoms. The third-order valence-electron chi connectivity index (χ3n) is 2.91. The van der Waals surface area contributed by atoms with Crippen LogP contribution < -0.4 is 5.73 Å². The van der Waals surface area contributed by atoms with Crippen LogP contribution >= 0.6 is 0 Å². The lowest BCUT2D eigenvalue weighted by Crippen LogP contribution is -2.26. The molecule has 3 N–H and O–H groups in total. The van der Waals surface area contributed by atoms with E-state index in [0.29, 0.717) is 11.7 Å². The second-order valence-corrected chi connectivity index (χ2v) is 3.81. The number of aromatic hydroxyl groups is 1. The highest BCUT2D eigenvalue weighted by Gasteiger charge is 2.25. The molecule has 13 heavy (non-hydrogen) atoms. The van der Waals surface area contributed by atoms with Crippen molar-refractivity contribution in [3.05, 3.63) is 29.8 Å². The van der Waals surface area contributed by atoms with E-state index >= 15 is 0 Å². The Morgan fingerprint density at radius 3 is 2.69 bits per heavy atom. The molecule has 2 heteroatoms. The molecular weight excluding hydrogens is 162 g/mol. The van der Waals surface area contributed by atoms with Gasteiger partial charge in [-0.1, -0.05) is 18.6 Å². The summed E-state index contributed by atoms with van der Waals surface area (Å²) in [4.78, 5) is 0. The summed E-state index contributed by atoms with van der Waals surface area (Å²) in [5.74, 6) is 0.939. The van der Waals surface area contributed by atoms with E-state index in [-0.39, 0.29) is 6.04 Å². The van der Waals surface area contributed by atoms with Crippen molar-refractivity contribution < 1.29 is 5.11 Å². The molecule has 0 unspecified atom stereocenters. The molecule has 0 aliphatic heterocycles. The quantitative estimate of drug-likeness (QED) is 0.727. The van der Waals surface area contributed by atoms with Gasteiger partial charge in [0.1, 0.15) is 5.75 Å². The largest absolute Gasteiger partial charge is 0.508 e. The number of hydrogen-bond acceptors (Lipinski definition) is 2. The van der Waals surface area contributed by atoms with Crippen LogP contribution in [0.25, 0.3) is 0 Å². The maximum absolute atomic E-state index is 9.28. The van der Waals surface area contributed by atoms with Crippen molar-refractivity contribution in [2.24, 2.45) is 11.7 Å². The summed E-state index contributed by atoms with van der Waals surface area (Å²) in [5, 5.41) is 9.28. The minimum absolute atomic E-state index is 0.112. The average molecular weight is 177 g/mol. The highest BCUT2D eigenvalue weighted by atomic mass is 16.3. The van der Waals surface area contributed by atoms with Crippen LogP contribution in [0.5, 0.6) is 5.75 Å². The highest BCUT2D eigenvalue weighted by molar-refractivity contribution is 5.29. The fraction of sp³-hybridized carbons (Fsp3) is 0.455. The third-order valence-corrected chi connectivity index (χ3v) is 2.91. The summed E-state index contributed by atoms with van der Waals surface area (Å²) in [5.41, 5.74) is 7.12. The summed E-state index contributed by atoms with van der Waals surface area (Å²) < 4.78 is 0. The second-order valence-electron chi connectivity index (χ2n) is 3.81. The molecule has 1 fully saturated rings. The Morgan fingerprint density at radius 2 is 2.15 bits per heavy atom. The molecular formula is C11H15NO. The molecule has 0 saturated heterocycles. The Morgan fingerprint density at radius 1 is 1.38 bits per heavy atom. The van der Waals surface area contributed by atoms with Gasteiger partial charge in [0, 0.05) is 6.04 Å². The Labute approximate surface area is 78.4 Å². The minimum atomic E-state index is 0.112. The topological polar surface area (TPSA) is 46.2 Å². The molecule has 1 aliphatic carbocycles. The molecule has 0 aromatic heterocycles. The van der Waals surface area contributed by atoms with Crippen molar-refractivity contribution in [3.63, 3.8) is 0 Å². The van der Waals surface area contributed by atoms with E-state index in [4.69, 9.17) is 5.73 Å². The van der Waals surface area contributed by atoms with Gasteiger partial charge >= 0.3 is 0 Å². The molecule has 2 rings (SSSR count). The average Bonchev–Trinajstić information content (AvgIpc) is 2.01. The predicted octanol–water partition coefficient (Wildman–Crippen LogP) is 2.19. The van der Waals surface area contributed by atoms with Gasteiger partial charge < -0.3 is 10.8 Å². The maximum atomic E-state index is 9.28. The van der Waals surface area contributed by atoms with Crippen LogP contribution in [0, 0.1) is 5.92 Å². The molecule has 1 atom stereocenters. The van der Waals surface area contributed by atoms with E-state index in [0.717, 1.165) is 5.56 Å². The van der Waals surface area contributed by atoms with Gasteiger partial charge in [0.25, 0.3) is 0 Å². The highest BCUT2D eigenvalue weighted by Crippen LogP contribution is 2.36. The van der Waals surface area contributed by atoms with Crippen LogP contribution in [0.1, 0.15) is 30.9 Å². The first-order valence-electron chi connectivity index (χ1n) is 4.82. The lowest BCUT2D eigenvalue weighted by Gasteiger charge is -2.31. The Balaban J connectivity index is 2.14. The first-order chi connectivity index (χ1) is 6.27. The molecule has 0 spiro atoms. The van der Waals surface area contributed by atoms with E-state index in [1.807, 2.05) is 12.1 Å². The first kappa shape index (κ1) is 8.57. The molecule has 1 saturated carbocycles. The van der Waals surface area contributed by atoms with Gasteiger partial charge in [-0.2, -0.15) is 0 Å². The van der Waals surface area contributed by atoms with Crippen LogP contribution in [0.2, 0.25) is 0 Å². The smallest absolute Gasteiger partial charge is 0.115 e. The fourth-order valence-electron chi connectivity index (χ4n) is 1.80. The second kappa shape index (κ2) is 3.38. The van der Waals surface area contributed by atoms with E-state index < -0.39 is 0 Å². The third kappa shape index (κ3) is 1.68. The van der Waals surface area contributed by atoms with E-state index in [9.17, 15) is 5.11 Å². The number of phenols is 1. The Bertz CT molecular complexity index is 294. The van der Waals surface area contributed by atoms with Gasteiger partial charge in [-0.05, 0) is 36.5 Å². The number of hydrogen-bond donors (Lipinski definition) is 2. The van der Waals surface area contributed by atoms with E-state index in [1.54, 1.807) is 12.1 Å². The van der Waals surface area contributed by atoms with Crippen molar-refractivity contribution in [1.29, 1.82) is 0 Å². The zero-order chi connectivity index (χ0) is 9.26. The Kier molecular flexibility index (Phi) is 2.23. The number of benzene rings is 1. The SMILES string of the molecule is N[C@H](c1cccc(O)c1)C1CCC1. The van der Waals surface area contributed by atoms with Gasteiger partial charge in [-0.15, -0.1) is 0 Å². The molecule has 0 amide bonds. The van der Waals surface area contributed by atoms with Gasteiger partial charge in [0.05, 0.1) is 0 Å². The summed E-state index contributed by atoms with van der Waals surface area (Å²) in [7, 11) is 0. The van der Waals surface area contributed by atoms with Gasteiger partial charge in [-0.3, -0.25) is 0 Å². The van der Waals surface area contributed by atoms with E-state index in [2.05, 4.69) is 0 Å². The monoisotopic (exact) mass is 177 g/mol. The molecule has 70 valence electrons. The van der Waals surface area contributed by atoms with Gasteiger partial charge in [-0.25, -0.2) is 0 Å². The lowest BCUT2D eigenvalue weighted by molar-refractivity contribution is 0.264.